The van der Waals surface area contributed by atoms with Crippen molar-refractivity contribution in [1.82, 2.24) is 5.32 Å². The van der Waals surface area contributed by atoms with Gasteiger partial charge in [0.05, 0.1) is 6.10 Å². The van der Waals surface area contributed by atoms with Gasteiger partial charge in [0, 0.05) is 24.3 Å². The molecule has 128 valence electrons. The molecule has 0 spiro atoms. The van der Waals surface area contributed by atoms with Gasteiger partial charge in [-0.3, -0.25) is 5.73 Å². The molecule has 0 aromatic heterocycles. The summed E-state index contributed by atoms with van der Waals surface area (Å²) in [4.78, 5) is 9.28. The van der Waals surface area contributed by atoms with Gasteiger partial charge in [0.1, 0.15) is 5.84 Å². The lowest BCUT2D eigenvalue weighted by Gasteiger charge is -2.35. The van der Waals surface area contributed by atoms with Crippen molar-refractivity contribution in [2.45, 2.75) is 24.7 Å². The van der Waals surface area contributed by atoms with E-state index in [1.165, 1.54) is 0 Å². The fourth-order valence-electron chi connectivity index (χ4n) is 2.90. The highest BCUT2D eigenvalue weighted by Gasteiger charge is 2.35. The van der Waals surface area contributed by atoms with Crippen LogP contribution in [0.15, 0.2) is 70.6 Å². The van der Waals surface area contributed by atoms with E-state index >= 15 is 0 Å². The Morgan fingerprint density at radius 2 is 1.76 bits per heavy atom. The summed E-state index contributed by atoms with van der Waals surface area (Å²) >= 11 is 0. The summed E-state index contributed by atoms with van der Waals surface area (Å²) in [5.41, 5.74) is 8.41. The van der Waals surface area contributed by atoms with Gasteiger partial charge in [-0.2, -0.15) is 0 Å². The number of ether oxygens (including phenoxy) is 1. The summed E-state index contributed by atoms with van der Waals surface area (Å²) in [6.45, 7) is 0.785. The molecule has 25 heavy (non-hydrogen) atoms. The first-order valence-electron chi connectivity index (χ1n) is 8.45. The molecule has 2 aromatic rings. The van der Waals surface area contributed by atoms with E-state index in [4.69, 9.17) is 10.5 Å². The number of nitrogens with one attached hydrogen (secondary N) is 2. The van der Waals surface area contributed by atoms with E-state index in [9.17, 15) is 0 Å². The quantitative estimate of drug-likeness (QED) is 0.800. The summed E-state index contributed by atoms with van der Waals surface area (Å²) in [7, 11) is 0. The van der Waals surface area contributed by atoms with E-state index in [-0.39, 0.29) is 6.10 Å². The monoisotopic (exact) mass is 335 g/mol. The van der Waals surface area contributed by atoms with Gasteiger partial charge in [-0.1, -0.05) is 48.5 Å². The zero-order valence-corrected chi connectivity index (χ0v) is 13.9. The second-order valence-corrected chi connectivity index (χ2v) is 6.27. The topological polar surface area (TPSA) is 84.0 Å². The zero-order chi connectivity index (χ0) is 17.1. The number of rotatable bonds is 4. The molecule has 1 saturated heterocycles. The predicted molar refractivity (Wildman–Crippen MR) is 99.5 cm³/mol. The molecule has 6 nitrogen and oxygen atoms in total. The van der Waals surface area contributed by atoms with Crippen molar-refractivity contribution in [3.8, 4) is 0 Å². The van der Waals surface area contributed by atoms with Crippen molar-refractivity contribution in [2.24, 2.45) is 15.7 Å². The summed E-state index contributed by atoms with van der Waals surface area (Å²) in [5.74, 6) is 0.247. The second-order valence-electron chi connectivity index (χ2n) is 6.27. The fourth-order valence-corrected chi connectivity index (χ4v) is 2.90. The highest BCUT2D eigenvalue weighted by molar-refractivity contribution is 6.13. The Morgan fingerprint density at radius 3 is 2.40 bits per heavy atom. The first kappa shape index (κ1) is 15.8. The van der Waals surface area contributed by atoms with Crippen LogP contribution in [-0.2, 0) is 4.74 Å². The second kappa shape index (κ2) is 6.66. The lowest BCUT2D eigenvalue weighted by molar-refractivity contribution is -0.0644. The molecule has 2 heterocycles. The van der Waals surface area contributed by atoms with Gasteiger partial charge in [-0.15, -0.1) is 0 Å². The first-order valence-corrected chi connectivity index (χ1v) is 8.45. The van der Waals surface area contributed by atoms with Crippen LogP contribution in [0.2, 0.25) is 0 Å². The van der Waals surface area contributed by atoms with Crippen LogP contribution in [0.5, 0.6) is 0 Å². The van der Waals surface area contributed by atoms with Crippen molar-refractivity contribution in [3.63, 3.8) is 0 Å². The molecule has 0 amide bonds. The van der Waals surface area contributed by atoms with E-state index in [1.54, 1.807) is 0 Å². The zero-order valence-electron chi connectivity index (χ0n) is 13.9. The predicted octanol–water partition coefficient (Wildman–Crippen LogP) is 2.30. The van der Waals surface area contributed by atoms with Crippen LogP contribution >= 0.6 is 0 Å². The molecule has 0 aliphatic carbocycles. The Morgan fingerprint density at radius 1 is 1.08 bits per heavy atom. The SMILES string of the molecule is NC1(CC2CCO2)N=C(Nc2ccccc2)NC(c2ccccc2)=N1. The molecule has 4 rings (SSSR count). The molecule has 0 saturated carbocycles. The standard InChI is InChI=1S/C19H21N5O/c20-19(13-16-11-12-25-16)23-17(14-7-3-1-4-8-14)22-18(24-19)21-15-9-5-2-6-10-15/h1-10,16H,11-13,20H2,(H2,21,22,23,24). The van der Waals surface area contributed by atoms with Gasteiger partial charge in [0.25, 0.3) is 0 Å². The number of benzene rings is 2. The normalized spacial score (nSPS) is 25.2. The third-order valence-corrected chi connectivity index (χ3v) is 4.25. The Balaban J connectivity index is 1.63. The molecule has 2 aliphatic heterocycles. The maximum absolute atomic E-state index is 6.51. The number of hydrogen-bond acceptors (Lipinski definition) is 6. The number of aliphatic imine (C=N–C) groups is 2. The number of nitrogens with two attached hydrogens (primary N) is 1. The van der Waals surface area contributed by atoms with Crippen LogP contribution in [0.3, 0.4) is 0 Å². The van der Waals surface area contributed by atoms with Crippen molar-refractivity contribution in [3.05, 3.63) is 66.2 Å². The maximum atomic E-state index is 6.51. The Labute approximate surface area is 146 Å². The van der Waals surface area contributed by atoms with Crippen molar-refractivity contribution in [1.29, 1.82) is 0 Å². The van der Waals surface area contributed by atoms with Gasteiger partial charge in [-0.05, 0) is 18.6 Å². The van der Waals surface area contributed by atoms with E-state index in [1.807, 2.05) is 60.7 Å². The van der Waals surface area contributed by atoms with Gasteiger partial charge in [0.2, 0.25) is 11.7 Å². The van der Waals surface area contributed by atoms with Crippen molar-refractivity contribution in [2.75, 3.05) is 11.9 Å². The van der Waals surface area contributed by atoms with Crippen LogP contribution in [-0.4, -0.2) is 30.3 Å². The van der Waals surface area contributed by atoms with E-state index in [2.05, 4.69) is 20.6 Å². The van der Waals surface area contributed by atoms with Gasteiger partial charge in [0.15, 0.2) is 0 Å². The van der Waals surface area contributed by atoms with E-state index in [0.29, 0.717) is 18.2 Å². The molecule has 0 radical (unpaired) electrons. The first-order chi connectivity index (χ1) is 12.2. The van der Waals surface area contributed by atoms with E-state index in [0.717, 1.165) is 24.3 Å². The number of para-hydroxylation sites is 1. The van der Waals surface area contributed by atoms with Crippen molar-refractivity contribution >= 4 is 17.5 Å². The van der Waals surface area contributed by atoms with Gasteiger partial charge >= 0.3 is 0 Å². The summed E-state index contributed by atoms with van der Waals surface area (Å²) in [6.07, 6.45) is 1.68. The van der Waals surface area contributed by atoms with Crippen LogP contribution in [0.25, 0.3) is 0 Å². The minimum absolute atomic E-state index is 0.116. The number of guanidine groups is 1. The molecule has 2 atom stereocenters. The molecule has 1 fully saturated rings. The lowest BCUT2D eigenvalue weighted by atomic mass is 10.0. The van der Waals surface area contributed by atoms with Crippen LogP contribution in [0.1, 0.15) is 18.4 Å². The third kappa shape index (κ3) is 3.70. The molecule has 0 bridgehead atoms. The number of amidine groups is 1. The Kier molecular flexibility index (Phi) is 4.21. The molecule has 2 aliphatic rings. The van der Waals surface area contributed by atoms with Gasteiger partial charge in [-0.25, -0.2) is 9.98 Å². The van der Waals surface area contributed by atoms with Crippen molar-refractivity contribution < 1.29 is 4.74 Å². The smallest absolute Gasteiger partial charge is 0.210 e. The summed E-state index contributed by atoms with van der Waals surface area (Å²) in [5, 5.41) is 6.53. The Bertz CT molecular complexity index is 786. The molecule has 4 N–H and O–H groups in total. The molecule has 2 aromatic carbocycles. The minimum atomic E-state index is -1.04. The number of nitrogens with zero attached hydrogens (tertiary/aromatic N) is 2. The van der Waals surface area contributed by atoms with Crippen LogP contribution < -0.4 is 16.4 Å². The van der Waals surface area contributed by atoms with Gasteiger partial charge < -0.3 is 15.4 Å². The summed E-state index contributed by atoms with van der Waals surface area (Å²) in [6, 6.07) is 19.8. The fraction of sp³-hybridized carbons (Fsp3) is 0.263. The van der Waals surface area contributed by atoms with Crippen LogP contribution in [0, 0.1) is 0 Å². The minimum Gasteiger partial charge on any atom is -0.378 e. The largest absolute Gasteiger partial charge is 0.378 e. The molecule has 6 heteroatoms. The van der Waals surface area contributed by atoms with Crippen LogP contribution in [0.4, 0.5) is 5.69 Å². The highest BCUT2D eigenvalue weighted by atomic mass is 16.5. The maximum Gasteiger partial charge on any atom is 0.210 e. The molecular weight excluding hydrogens is 314 g/mol. The number of hydrogen-bond donors (Lipinski definition) is 3. The lowest BCUT2D eigenvalue weighted by Crippen LogP contribution is -2.52. The average molecular weight is 335 g/mol. The average Bonchev–Trinajstić information content (AvgIpc) is 2.60. The Hall–Kier alpha value is -2.70. The summed E-state index contributed by atoms with van der Waals surface area (Å²) < 4.78 is 5.53. The molecular formula is C19H21N5O. The van der Waals surface area contributed by atoms with E-state index < -0.39 is 5.79 Å². The third-order valence-electron chi connectivity index (χ3n) is 4.25. The highest BCUT2D eigenvalue weighted by Crippen LogP contribution is 2.25. The molecule has 2 unspecified atom stereocenters. The number of anilines is 1.